The van der Waals surface area contributed by atoms with Gasteiger partial charge >= 0.3 is 6.18 Å². The zero-order valence-electron chi connectivity index (χ0n) is 10.4. The second-order valence-electron chi connectivity index (χ2n) is 4.96. The van der Waals surface area contributed by atoms with Gasteiger partial charge in [0.15, 0.2) is 5.17 Å². The van der Waals surface area contributed by atoms with Crippen LogP contribution in [0.5, 0.6) is 0 Å². The van der Waals surface area contributed by atoms with E-state index in [9.17, 15) is 17.6 Å². The molecule has 0 bridgehead atoms. The number of nitrogens with zero attached hydrogens (tertiary/aromatic N) is 1. The highest BCUT2D eigenvalue weighted by atomic mass is 32.2. The van der Waals surface area contributed by atoms with Gasteiger partial charge in [-0.25, -0.2) is 4.39 Å². The first-order valence-electron chi connectivity index (χ1n) is 6.28. The minimum Gasteiger partial charge on any atom is -0.333 e. The lowest BCUT2D eigenvalue weighted by Crippen LogP contribution is -2.12. The third kappa shape index (κ3) is 2.92. The first-order chi connectivity index (χ1) is 9.43. The Morgan fingerprint density at radius 2 is 2.00 bits per heavy atom. The van der Waals surface area contributed by atoms with Crippen LogP contribution in [-0.2, 0) is 6.18 Å². The number of alkyl halides is 3. The fourth-order valence-electron chi connectivity index (χ4n) is 2.09. The van der Waals surface area contributed by atoms with Gasteiger partial charge in [-0.2, -0.15) is 13.2 Å². The predicted molar refractivity (Wildman–Crippen MR) is 71.4 cm³/mol. The molecule has 2 nitrogen and oxygen atoms in total. The molecule has 0 aromatic heterocycles. The minimum absolute atomic E-state index is 0.178. The van der Waals surface area contributed by atoms with Crippen LogP contribution >= 0.6 is 11.8 Å². The molecule has 1 aromatic rings. The quantitative estimate of drug-likeness (QED) is 0.831. The Bertz CT molecular complexity index is 552. The van der Waals surface area contributed by atoms with Gasteiger partial charge in [0.05, 0.1) is 17.8 Å². The van der Waals surface area contributed by atoms with Crippen molar-refractivity contribution in [2.45, 2.75) is 24.3 Å². The summed E-state index contributed by atoms with van der Waals surface area (Å²) in [5, 5.41) is 3.55. The van der Waals surface area contributed by atoms with Crippen molar-refractivity contribution in [3.63, 3.8) is 0 Å². The smallest absolute Gasteiger partial charge is 0.333 e. The molecular formula is C13H12F4N2S. The maximum Gasteiger partial charge on any atom is 0.416 e. The summed E-state index contributed by atoms with van der Waals surface area (Å²) in [4.78, 5) is 4.23. The molecule has 108 valence electrons. The number of thioether (sulfide) groups is 1. The molecular weight excluding hydrogens is 292 g/mol. The van der Waals surface area contributed by atoms with E-state index in [2.05, 4.69) is 10.3 Å². The van der Waals surface area contributed by atoms with E-state index in [1.165, 1.54) is 24.6 Å². The van der Waals surface area contributed by atoms with Crippen molar-refractivity contribution in [3.05, 3.63) is 29.6 Å². The van der Waals surface area contributed by atoms with E-state index in [-0.39, 0.29) is 5.69 Å². The number of hydrogen-bond donors (Lipinski definition) is 1. The lowest BCUT2D eigenvalue weighted by atomic mass is 10.2. The zero-order chi connectivity index (χ0) is 14.3. The van der Waals surface area contributed by atoms with E-state index in [0.717, 1.165) is 18.2 Å². The first kappa shape index (κ1) is 13.7. The third-order valence-electron chi connectivity index (χ3n) is 3.36. The van der Waals surface area contributed by atoms with Crippen LogP contribution in [-0.4, -0.2) is 17.0 Å². The van der Waals surface area contributed by atoms with Gasteiger partial charge in [0.1, 0.15) is 5.82 Å². The van der Waals surface area contributed by atoms with Crippen LogP contribution in [0.4, 0.5) is 23.2 Å². The van der Waals surface area contributed by atoms with Crippen LogP contribution in [0.3, 0.4) is 0 Å². The third-order valence-corrected chi connectivity index (χ3v) is 4.65. The molecule has 7 heteroatoms. The van der Waals surface area contributed by atoms with Crippen LogP contribution in [0.1, 0.15) is 18.4 Å². The van der Waals surface area contributed by atoms with Gasteiger partial charge < -0.3 is 5.32 Å². The molecule has 20 heavy (non-hydrogen) atoms. The van der Waals surface area contributed by atoms with Gasteiger partial charge in [-0.05, 0) is 37.0 Å². The lowest BCUT2D eigenvalue weighted by molar-refractivity contribution is -0.137. The number of anilines is 1. The summed E-state index contributed by atoms with van der Waals surface area (Å²) >= 11 is 1.49. The monoisotopic (exact) mass is 304 g/mol. The molecule has 1 fully saturated rings. The van der Waals surface area contributed by atoms with Crippen LogP contribution in [0.15, 0.2) is 23.2 Å². The summed E-state index contributed by atoms with van der Waals surface area (Å²) < 4.78 is 51.4. The molecule has 3 rings (SSSR count). The summed E-state index contributed by atoms with van der Waals surface area (Å²) in [5.41, 5.74) is -1.05. The Morgan fingerprint density at radius 1 is 1.25 bits per heavy atom. The molecule has 0 amide bonds. The fourth-order valence-corrected chi connectivity index (χ4v) is 3.30. The van der Waals surface area contributed by atoms with Crippen molar-refractivity contribution in [1.82, 2.24) is 0 Å². The first-order valence-corrected chi connectivity index (χ1v) is 7.16. The Morgan fingerprint density at radius 3 is 2.65 bits per heavy atom. The molecule has 1 atom stereocenters. The molecule has 1 aliphatic carbocycles. The van der Waals surface area contributed by atoms with Crippen LogP contribution in [0.2, 0.25) is 0 Å². The molecule has 1 N–H and O–H groups in total. The summed E-state index contributed by atoms with van der Waals surface area (Å²) in [5.74, 6) is -0.0643. The van der Waals surface area contributed by atoms with E-state index >= 15 is 0 Å². The van der Waals surface area contributed by atoms with E-state index in [4.69, 9.17) is 0 Å². The van der Waals surface area contributed by atoms with Gasteiger partial charge in [0.2, 0.25) is 0 Å². The topological polar surface area (TPSA) is 24.4 Å². The van der Waals surface area contributed by atoms with Crippen molar-refractivity contribution in [2.24, 2.45) is 10.9 Å². The number of nitrogens with one attached hydrogen (secondary N) is 1. The number of aliphatic imine (C=N–C) groups is 1. The highest BCUT2D eigenvalue weighted by Gasteiger charge is 2.36. The second kappa shape index (κ2) is 4.95. The molecule has 0 saturated heterocycles. The average molecular weight is 304 g/mol. The Hall–Kier alpha value is -1.24. The molecule has 1 heterocycles. The largest absolute Gasteiger partial charge is 0.416 e. The van der Waals surface area contributed by atoms with Crippen LogP contribution < -0.4 is 5.32 Å². The normalized spacial score (nSPS) is 22.8. The SMILES string of the molecule is Fc1ccc(C(F)(F)F)cc1NC1=NCC(C2CC2)S1. The van der Waals surface area contributed by atoms with E-state index in [0.29, 0.717) is 22.9 Å². The molecule has 0 radical (unpaired) electrons. The Labute approximate surface area is 117 Å². The highest BCUT2D eigenvalue weighted by Crippen LogP contribution is 2.42. The number of benzene rings is 1. The van der Waals surface area contributed by atoms with Crippen LogP contribution in [0.25, 0.3) is 0 Å². The van der Waals surface area contributed by atoms with Gasteiger partial charge in [0.25, 0.3) is 0 Å². The van der Waals surface area contributed by atoms with Gasteiger partial charge in [-0.3, -0.25) is 4.99 Å². The number of amidine groups is 1. The molecule has 2 aliphatic rings. The zero-order valence-corrected chi connectivity index (χ0v) is 11.2. The van der Waals surface area contributed by atoms with Gasteiger partial charge in [-0.1, -0.05) is 11.8 Å². The van der Waals surface area contributed by atoms with Crippen molar-refractivity contribution in [1.29, 1.82) is 0 Å². The van der Waals surface area contributed by atoms with E-state index in [1.54, 1.807) is 0 Å². The predicted octanol–water partition coefficient (Wildman–Crippen LogP) is 4.14. The van der Waals surface area contributed by atoms with Gasteiger partial charge in [-0.15, -0.1) is 0 Å². The minimum atomic E-state index is -4.48. The molecule has 1 aliphatic heterocycles. The fraction of sp³-hybridized carbons (Fsp3) is 0.462. The number of rotatable bonds is 2. The van der Waals surface area contributed by atoms with Crippen LogP contribution in [0, 0.1) is 11.7 Å². The van der Waals surface area contributed by atoms with Crippen molar-refractivity contribution < 1.29 is 17.6 Å². The molecule has 1 aromatic carbocycles. The summed E-state index contributed by atoms with van der Waals surface area (Å²) in [7, 11) is 0. The van der Waals surface area contributed by atoms with Crippen molar-refractivity contribution in [3.8, 4) is 0 Å². The van der Waals surface area contributed by atoms with E-state index < -0.39 is 17.6 Å². The summed E-state index contributed by atoms with van der Waals surface area (Å²) in [6.45, 7) is 0.651. The number of hydrogen-bond acceptors (Lipinski definition) is 3. The van der Waals surface area contributed by atoms with Gasteiger partial charge in [0, 0.05) is 5.25 Å². The van der Waals surface area contributed by atoms with Crippen molar-refractivity contribution >= 4 is 22.6 Å². The highest BCUT2D eigenvalue weighted by molar-refractivity contribution is 8.15. The second-order valence-corrected chi connectivity index (χ2v) is 6.18. The van der Waals surface area contributed by atoms with E-state index in [1.807, 2.05) is 0 Å². The Balaban J connectivity index is 1.73. The standard InChI is InChI=1S/C13H12F4N2S/c14-9-4-3-8(13(15,16)17)5-10(9)19-12-18-6-11(20-12)7-1-2-7/h3-5,7,11H,1-2,6H2,(H,18,19). The maximum atomic E-state index is 13.6. The summed E-state index contributed by atoms with van der Waals surface area (Å²) in [6.07, 6.45) is -2.12. The Kier molecular flexibility index (Phi) is 3.40. The maximum absolute atomic E-state index is 13.6. The number of halogens is 4. The summed E-state index contributed by atoms with van der Waals surface area (Å²) in [6, 6.07) is 2.34. The molecule has 1 unspecified atom stereocenters. The average Bonchev–Trinajstić information content (AvgIpc) is 3.12. The lowest BCUT2D eigenvalue weighted by Gasteiger charge is -2.12. The van der Waals surface area contributed by atoms with Crippen molar-refractivity contribution in [2.75, 3.05) is 11.9 Å². The molecule has 1 saturated carbocycles. The molecule has 0 spiro atoms.